The number of benzene rings is 1. The third kappa shape index (κ3) is 4.83. The number of nitrogens with two attached hydrogens (primary N) is 1. The summed E-state index contributed by atoms with van der Waals surface area (Å²) in [6.07, 6.45) is -0.610. The zero-order valence-corrected chi connectivity index (χ0v) is 26.5. The van der Waals surface area contributed by atoms with Crippen molar-refractivity contribution in [2.45, 2.75) is 83.5 Å². The number of nitrogens with zero attached hydrogens (tertiary/aromatic N) is 1. The van der Waals surface area contributed by atoms with Gasteiger partial charge in [0.05, 0.1) is 11.1 Å². The van der Waals surface area contributed by atoms with Crippen LogP contribution in [0.1, 0.15) is 85.8 Å². The van der Waals surface area contributed by atoms with E-state index < -0.39 is 93.5 Å². The number of phenols is 1. The molecule has 0 spiro atoms. The first-order valence-corrected chi connectivity index (χ1v) is 16.6. The van der Waals surface area contributed by atoms with Crippen molar-refractivity contribution in [1.29, 1.82) is 0 Å². The number of fused-ring (bicyclic) bond motifs is 5. The number of carbonyl (C=O) groups is 3. The molecule has 1 aromatic rings. The van der Waals surface area contributed by atoms with E-state index in [0.29, 0.717) is 36.8 Å². The van der Waals surface area contributed by atoms with Gasteiger partial charge in [0.15, 0.2) is 11.4 Å². The van der Waals surface area contributed by atoms with Gasteiger partial charge in [-0.2, -0.15) is 13.2 Å². The second kappa shape index (κ2) is 10.6. The van der Waals surface area contributed by atoms with Crippen molar-refractivity contribution < 1.29 is 48.0 Å². The Labute approximate surface area is 270 Å². The van der Waals surface area contributed by atoms with Gasteiger partial charge in [-0.05, 0) is 97.1 Å². The first-order valence-electron chi connectivity index (χ1n) is 16.6. The summed E-state index contributed by atoms with van der Waals surface area (Å²) in [5, 5.41) is 44.2. The third-order valence-electron chi connectivity index (χ3n) is 12.5. The van der Waals surface area contributed by atoms with Crippen LogP contribution in [-0.4, -0.2) is 61.5 Å². The number of Topliss-reactive ketones (excluding diaryl/α,β-unsaturated/α-hetero) is 2. The number of hydrogen-bond donors (Lipinski definition) is 5. The Morgan fingerprint density at radius 3 is 2.32 bits per heavy atom. The molecule has 4 saturated carbocycles. The van der Waals surface area contributed by atoms with Crippen molar-refractivity contribution in [3.8, 4) is 5.75 Å². The second-order valence-electron chi connectivity index (χ2n) is 15.5. The molecule has 6 atom stereocenters. The number of ketones is 2. The summed E-state index contributed by atoms with van der Waals surface area (Å²) in [5.41, 5.74) is -0.832. The summed E-state index contributed by atoms with van der Waals surface area (Å²) in [6, 6.07) is 1.000. The van der Waals surface area contributed by atoms with E-state index >= 15 is 13.2 Å². The fourth-order valence-electron chi connectivity index (χ4n) is 9.86. The molecule has 1 aromatic carbocycles. The molecule has 6 N–H and O–H groups in total. The Kier molecular flexibility index (Phi) is 7.23. The second-order valence-corrected chi connectivity index (χ2v) is 15.5. The molecule has 12 heteroatoms. The van der Waals surface area contributed by atoms with Crippen LogP contribution in [-0.2, 0) is 28.7 Å². The molecule has 9 nitrogen and oxygen atoms in total. The Morgan fingerprint density at radius 2 is 1.72 bits per heavy atom. The summed E-state index contributed by atoms with van der Waals surface area (Å²) >= 11 is 0. The average Bonchev–Trinajstić information content (AvgIpc) is 3.77. The average molecular weight is 659 g/mol. The lowest BCUT2D eigenvalue weighted by atomic mass is 9.45. The monoisotopic (exact) mass is 658 g/mol. The minimum absolute atomic E-state index is 0.0441. The van der Waals surface area contributed by atoms with Gasteiger partial charge in [-0.25, -0.2) is 0 Å². The summed E-state index contributed by atoms with van der Waals surface area (Å²) in [7, 11) is 0. The summed E-state index contributed by atoms with van der Waals surface area (Å²) in [4.78, 5) is 41.0. The Morgan fingerprint density at radius 1 is 1.02 bits per heavy atom. The zero-order chi connectivity index (χ0) is 34.0. The molecule has 0 aromatic heterocycles. The number of alkyl halides is 3. The number of aliphatic hydroxyl groups is 3. The quantitative estimate of drug-likeness (QED) is 0.259. The highest BCUT2D eigenvalue weighted by Gasteiger charge is 2.60. The van der Waals surface area contributed by atoms with Gasteiger partial charge in [0.25, 0.3) is 5.91 Å². The van der Waals surface area contributed by atoms with E-state index in [9.17, 15) is 34.8 Å². The first-order chi connectivity index (χ1) is 21.9. The molecule has 2 bridgehead atoms. The van der Waals surface area contributed by atoms with E-state index in [1.54, 1.807) is 0 Å². The molecule has 7 aliphatic carbocycles. The smallest absolute Gasteiger partial charge is 0.417 e. The predicted molar refractivity (Wildman–Crippen MR) is 162 cm³/mol. The van der Waals surface area contributed by atoms with E-state index in [4.69, 9.17) is 5.73 Å². The molecule has 1 amide bonds. The molecule has 8 rings (SSSR count). The topological polar surface area (TPSA) is 161 Å². The molecule has 0 saturated heterocycles. The van der Waals surface area contributed by atoms with Crippen LogP contribution in [0.25, 0.3) is 0 Å². The maximum atomic E-state index is 15.1. The van der Waals surface area contributed by atoms with E-state index in [-0.39, 0.29) is 29.5 Å². The largest absolute Gasteiger partial charge is 0.511 e. The fraction of sp³-hybridized carbons (Fsp3) is 0.629. The van der Waals surface area contributed by atoms with Gasteiger partial charge in [0.1, 0.15) is 22.8 Å². The van der Waals surface area contributed by atoms with Crippen molar-refractivity contribution in [2.75, 3.05) is 13.1 Å². The number of amides is 1. The maximum Gasteiger partial charge on any atom is 0.417 e. The number of primary amides is 1. The minimum atomic E-state index is -4.87. The predicted octanol–water partition coefficient (Wildman–Crippen LogP) is 4.88. The molecule has 3 unspecified atom stereocenters. The van der Waals surface area contributed by atoms with Crippen molar-refractivity contribution >= 4 is 17.5 Å². The van der Waals surface area contributed by atoms with E-state index in [2.05, 4.69) is 18.7 Å². The molecule has 4 fully saturated rings. The van der Waals surface area contributed by atoms with Crippen LogP contribution in [0.15, 0.2) is 28.7 Å². The van der Waals surface area contributed by atoms with Gasteiger partial charge in [0.2, 0.25) is 5.78 Å². The van der Waals surface area contributed by atoms with E-state index in [0.717, 1.165) is 38.2 Å². The molecule has 0 aliphatic heterocycles. The number of aromatic hydroxyl groups is 1. The van der Waals surface area contributed by atoms with Crippen LogP contribution in [0, 0.1) is 40.9 Å². The van der Waals surface area contributed by atoms with Crippen LogP contribution in [0.3, 0.4) is 0 Å². The number of halogens is 3. The van der Waals surface area contributed by atoms with Crippen LogP contribution in [0.5, 0.6) is 5.75 Å². The van der Waals surface area contributed by atoms with Gasteiger partial charge in [-0.15, -0.1) is 0 Å². The molecule has 47 heavy (non-hydrogen) atoms. The van der Waals surface area contributed by atoms with Crippen LogP contribution in [0.4, 0.5) is 13.2 Å². The van der Waals surface area contributed by atoms with Gasteiger partial charge >= 0.3 is 6.18 Å². The van der Waals surface area contributed by atoms with Crippen LogP contribution >= 0.6 is 0 Å². The lowest BCUT2D eigenvalue weighted by Gasteiger charge is -2.60. The highest BCUT2D eigenvalue weighted by Crippen LogP contribution is 2.61. The Hall–Kier alpha value is -3.38. The van der Waals surface area contributed by atoms with Crippen molar-refractivity contribution in [3.63, 3.8) is 0 Å². The lowest BCUT2D eigenvalue weighted by Crippen LogP contribution is -2.57. The number of phenolic OH excluding ortho intramolecular Hbond substituents is 1. The van der Waals surface area contributed by atoms with Crippen LogP contribution < -0.4 is 5.73 Å². The number of aliphatic hydroxyl groups excluding tert-OH is 2. The van der Waals surface area contributed by atoms with Crippen LogP contribution in [0.2, 0.25) is 0 Å². The van der Waals surface area contributed by atoms with Crippen molar-refractivity contribution in [3.05, 3.63) is 51.0 Å². The zero-order valence-electron chi connectivity index (χ0n) is 26.5. The molecule has 0 heterocycles. The fourth-order valence-corrected chi connectivity index (χ4v) is 9.86. The normalized spacial score (nSPS) is 33.0. The number of carbonyl (C=O) groups excluding carboxylic acids is 3. The number of rotatable bonds is 7. The van der Waals surface area contributed by atoms with Crippen molar-refractivity contribution in [2.24, 2.45) is 46.7 Å². The van der Waals surface area contributed by atoms with Gasteiger partial charge in [-0.3, -0.25) is 19.3 Å². The Bertz CT molecular complexity index is 1660. The number of allylic oxidation sites excluding steroid dienone is 2. The van der Waals surface area contributed by atoms with E-state index in [1.165, 1.54) is 0 Å². The third-order valence-corrected chi connectivity index (χ3v) is 12.5. The van der Waals surface area contributed by atoms with E-state index in [1.807, 2.05) is 0 Å². The Balaban J connectivity index is 1.27. The molecule has 0 radical (unpaired) electrons. The molecular weight excluding hydrogens is 617 g/mol. The molecule has 7 aliphatic rings. The molecule has 254 valence electrons. The van der Waals surface area contributed by atoms with Crippen molar-refractivity contribution in [1.82, 2.24) is 4.90 Å². The summed E-state index contributed by atoms with van der Waals surface area (Å²) in [6.45, 7) is 5.84. The SMILES string of the molecule is CC1(C)C2CC[C@@H](CN(Cc3cc(O)c4c(c3C(F)(F)F)CC3C[C@H]5CC(O)=C(C(N)=O)C(=O)[C@@]5(O)C(O)=C3C4=O)CC3CC3)C1C2. The lowest BCUT2D eigenvalue weighted by molar-refractivity contribution is -0.144. The van der Waals surface area contributed by atoms with Gasteiger partial charge in [0, 0.05) is 37.5 Å². The highest BCUT2D eigenvalue weighted by molar-refractivity contribution is 6.24. The summed E-state index contributed by atoms with van der Waals surface area (Å²) < 4.78 is 45.2. The highest BCUT2D eigenvalue weighted by atomic mass is 19.4. The first kappa shape index (κ1) is 32.2. The standard InChI is InChI=1S/C35H41F3N2O7/c1-33(2)19-6-5-16(22(33)10-19)13-40(12-15-3-4-15)14-18-9-23(41)26-21(28(18)35(36,37)38)8-17-7-20-11-24(42)27(32(39)46)31(45)34(20,47)30(44)25(17)29(26)43/h9,15-17,19-20,22,41-42,44,47H,3-8,10-14H2,1-2H3,(H2,39,46)/t16-,17?,19?,20-,22?,34-/m0/s1. The minimum Gasteiger partial charge on any atom is -0.511 e. The maximum absolute atomic E-state index is 15.1. The summed E-state index contributed by atoms with van der Waals surface area (Å²) in [5.74, 6) is -6.58. The molecular formula is C35H41F3N2O7. The van der Waals surface area contributed by atoms with Gasteiger partial charge in [-0.1, -0.05) is 13.8 Å². The number of hydrogen-bond acceptors (Lipinski definition) is 8. The van der Waals surface area contributed by atoms with Gasteiger partial charge < -0.3 is 26.2 Å².